The molecule has 0 aromatic heterocycles. The average molecular weight is 196 g/mol. The molecule has 0 spiro atoms. The Kier molecular flexibility index (Phi) is 3.94. The number of hydrogen-bond acceptors (Lipinski definition) is 2. The predicted molar refractivity (Wildman–Crippen MR) is 56.0 cm³/mol. The van der Waals surface area contributed by atoms with Gasteiger partial charge in [0.15, 0.2) is 0 Å². The van der Waals surface area contributed by atoms with Gasteiger partial charge in [-0.3, -0.25) is 4.57 Å². The Balaban J connectivity index is 3.03. The van der Waals surface area contributed by atoms with Crippen LogP contribution < -0.4 is 5.30 Å². The molecule has 0 aliphatic carbocycles. The minimum Gasteiger partial charge on any atom is -0.331 e. The van der Waals surface area contributed by atoms with Gasteiger partial charge in [-0.2, -0.15) is 0 Å². The van der Waals surface area contributed by atoms with Gasteiger partial charge in [-0.05, 0) is 18.1 Å². The molecule has 1 rings (SSSR count). The third kappa shape index (κ3) is 2.55. The van der Waals surface area contributed by atoms with Gasteiger partial charge in [0, 0.05) is 12.4 Å². The van der Waals surface area contributed by atoms with Crippen molar-refractivity contribution >= 4 is 13.3 Å². The molecule has 0 amide bonds. The van der Waals surface area contributed by atoms with Gasteiger partial charge in [-0.15, -0.1) is 6.58 Å². The van der Waals surface area contributed by atoms with Crippen LogP contribution >= 0.6 is 8.03 Å². The van der Waals surface area contributed by atoms with Crippen LogP contribution in [0.25, 0.3) is 0 Å². The number of benzene rings is 1. The molecule has 1 aromatic carbocycles. The van der Waals surface area contributed by atoms with Crippen LogP contribution in [0.1, 0.15) is 5.56 Å². The topological polar surface area (TPSA) is 26.3 Å². The normalized spacial score (nSPS) is 12.4. The van der Waals surface area contributed by atoms with E-state index in [-0.39, 0.29) is 0 Å². The number of rotatable bonds is 4. The molecule has 70 valence electrons. The van der Waals surface area contributed by atoms with Gasteiger partial charge in [0.2, 0.25) is 8.03 Å². The third-order valence-electron chi connectivity index (χ3n) is 1.79. The van der Waals surface area contributed by atoms with Gasteiger partial charge in [0.1, 0.15) is 0 Å². The lowest BCUT2D eigenvalue weighted by Crippen LogP contribution is -2.04. The molecule has 0 aliphatic heterocycles. The highest BCUT2D eigenvalue weighted by Crippen LogP contribution is 2.21. The van der Waals surface area contributed by atoms with E-state index in [1.54, 1.807) is 6.08 Å². The lowest BCUT2D eigenvalue weighted by Gasteiger charge is -2.05. The fourth-order valence-electron chi connectivity index (χ4n) is 1.16. The zero-order valence-corrected chi connectivity index (χ0v) is 8.62. The van der Waals surface area contributed by atoms with Crippen LogP contribution in [0.4, 0.5) is 0 Å². The fourth-order valence-corrected chi connectivity index (χ4v) is 2.06. The summed E-state index contributed by atoms with van der Waals surface area (Å²) in [5, 5.41) is 0.801. The number of hydrogen-bond donors (Lipinski definition) is 0. The first-order valence-electron chi connectivity index (χ1n) is 4.06. The van der Waals surface area contributed by atoms with Crippen molar-refractivity contribution in [3.8, 4) is 0 Å². The summed E-state index contributed by atoms with van der Waals surface area (Å²) in [6, 6.07) is 7.57. The van der Waals surface area contributed by atoms with Crippen LogP contribution in [0.2, 0.25) is 0 Å². The van der Waals surface area contributed by atoms with E-state index >= 15 is 0 Å². The molecule has 0 heterocycles. The van der Waals surface area contributed by atoms with Crippen LogP contribution in [-0.2, 0) is 15.5 Å². The molecule has 1 aromatic rings. The van der Waals surface area contributed by atoms with Gasteiger partial charge in [-0.1, -0.05) is 24.3 Å². The minimum absolute atomic E-state index is 0.732. The zero-order valence-electron chi connectivity index (χ0n) is 7.62. The molecule has 13 heavy (non-hydrogen) atoms. The highest BCUT2D eigenvalue weighted by atomic mass is 31.1. The van der Waals surface area contributed by atoms with Gasteiger partial charge in [0.05, 0.1) is 0 Å². The summed E-state index contributed by atoms with van der Waals surface area (Å²) in [6.45, 7) is 3.65. The maximum atomic E-state index is 11.4. The lowest BCUT2D eigenvalue weighted by molar-refractivity contribution is 0.423. The molecule has 2 nitrogen and oxygen atoms in total. The van der Waals surface area contributed by atoms with Crippen molar-refractivity contribution in [2.24, 2.45) is 0 Å². The quantitative estimate of drug-likeness (QED) is 0.545. The van der Waals surface area contributed by atoms with Crippen LogP contribution in [0.3, 0.4) is 0 Å². The first-order chi connectivity index (χ1) is 6.29. The van der Waals surface area contributed by atoms with Gasteiger partial charge in [0.25, 0.3) is 0 Å². The zero-order chi connectivity index (χ0) is 9.68. The smallest absolute Gasteiger partial charge is 0.220 e. The van der Waals surface area contributed by atoms with Crippen LogP contribution in [0.15, 0.2) is 36.9 Å². The Morgan fingerprint density at radius 3 is 2.85 bits per heavy atom. The second-order valence-corrected chi connectivity index (χ2v) is 4.16. The van der Waals surface area contributed by atoms with Crippen molar-refractivity contribution in [1.29, 1.82) is 0 Å². The molecule has 1 atom stereocenters. The number of allylic oxidation sites excluding steroid dienone is 1. The summed E-state index contributed by atoms with van der Waals surface area (Å²) < 4.78 is 16.3. The summed E-state index contributed by atoms with van der Waals surface area (Å²) in [5.74, 6) is 0. The molecule has 0 saturated heterocycles. The molecule has 3 heteroatoms. The van der Waals surface area contributed by atoms with Crippen molar-refractivity contribution in [3.63, 3.8) is 0 Å². The van der Waals surface area contributed by atoms with E-state index in [0.29, 0.717) is 0 Å². The molecule has 0 bridgehead atoms. The second kappa shape index (κ2) is 5.00. The monoisotopic (exact) mass is 196 g/mol. The Morgan fingerprint density at radius 1 is 1.54 bits per heavy atom. The summed E-state index contributed by atoms with van der Waals surface area (Å²) in [4.78, 5) is 0. The van der Waals surface area contributed by atoms with Crippen molar-refractivity contribution in [3.05, 3.63) is 42.5 Å². The standard InChI is InChI=1S/C10H13O2P/c1-3-6-9-7-4-5-8-10(9)13(11)12-2/h3-5,7-8,13H,1,6H2,2H3. The van der Waals surface area contributed by atoms with Crippen LogP contribution in [0.5, 0.6) is 0 Å². The summed E-state index contributed by atoms with van der Waals surface area (Å²) in [5.41, 5.74) is 1.03. The first-order valence-corrected chi connectivity index (χ1v) is 5.38. The SMILES string of the molecule is C=CCc1ccccc1[PH](=O)OC. The van der Waals surface area contributed by atoms with Crippen molar-refractivity contribution in [2.75, 3.05) is 7.11 Å². The first kappa shape index (κ1) is 10.2. The predicted octanol–water partition coefficient (Wildman–Crippen LogP) is 2.16. The Morgan fingerprint density at radius 2 is 2.23 bits per heavy atom. The summed E-state index contributed by atoms with van der Waals surface area (Å²) >= 11 is 0. The van der Waals surface area contributed by atoms with Crippen LogP contribution in [0, 0.1) is 0 Å². The maximum absolute atomic E-state index is 11.4. The highest BCUT2D eigenvalue weighted by molar-refractivity contribution is 7.48. The van der Waals surface area contributed by atoms with Crippen molar-refractivity contribution in [2.45, 2.75) is 6.42 Å². The molecule has 0 aliphatic rings. The highest BCUT2D eigenvalue weighted by Gasteiger charge is 2.05. The van der Waals surface area contributed by atoms with Crippen LogP contribution in [-0.4, -0.2) is 7.11 Å². The minimum atomic E-state index is -2.06. The molecule has 1 unspecified atom stereocenters. The Hall–Kier alpha value is -0.850. The molecular formula is C10H13O2P. The maximum Gasteiger partial charge on any atom is 0.220 e. The molecule has 0 fully saturated rings. The Labute approximate surface area is 79.1 Å². The van der Waals surface area contributed by atoms with E-state index in [1.165, 1.54) is 7.11 Å². The summed E-state index contributed by atoms with van der Waals surface area (Å²) in [7, 11) is -0.592. The second-order valence-electron chi connectivity index (χ2n) is 2.64. The van der Waals surface area contributed by atoms with E-state index in [9.17, 15) is 4.57 Å². The summed E-state index contributed by atoms with van der Waals surface area (Å²) in [6.07, 6.45) is 2.53. The molecule has 0 radical (unpaired) electrons. The van der Waals surface area contributed by atoms with E-state index in [0.717, 1.165) is 17.3 Å². The van der Waals surface area contributed by atoms with Gasteiger partial charge < -0.3 is 4.52 Å². The molecule has 0 N–H and O–H groups in total. The molecule has 0 saturated carbocycles. The van der Waals surface area contributed by atoms with E-state index in [4.69, 9.17) is 4.52 Å². The third-order valence-corrected chi connectivity index (χ3v) is 3.09. The van der Waals surface area contributed by atoms with Gasteiger partial charge in [-0.25, -0.2) is 0 Å². The van der Waals surface area contributed by atoms with Crippen molar-refractivity contribution in [1.82, 2.24) is 0 Å². The Bertz CT molecular complexity index is 320. The lowest BCUT2D eigenvalue weighted by atomic mass is 10.1. The largest absolute Gasteiger partial charge is 0.331 e. The van der Waals surface area contributed by atoms with E-state index < -0.39 is 8.03 Å². The average Bonchev–Trinajstić information content (AvgIpc) is 2.18. The van der Waals surface area contributed by atoms with E-state index in [1.807, 2.05) is 24.3 Å². The van der Waals surface area contributed by atoms with E-state index in [2.05, 4.69) is 6.58 Å². The fraction of sp³-hybridized carbons (Fsp3) is 0.200. The van der Waals surface area contributed by atoms with Crippen molar-refractivity contribution < 1.29 is 9.09 Å². The van der Waals surface area contributed by atoms with Gasteiger partial charge >= 0.3 is 0 Å². The molecular weight excluding hydrogens is 183 g/mol.